The first kappa shape index (κ1) is 12.9. The van der Waals surface area contributed by atoms with Crippen LogP contribution in [-0.2, 0) is 6.54 Å². The van der Waals surface area contributed by atoms with Gasteiger partial charge in [0, 0.05) is 44.5 Å². The minimum absolute atomic E-state index is 0.543. The monoisotopic (exact) mass is 260 g/mol. The third kappa shape index (κ3) is 3.25. The summed E-state index contributed by atoms with van der Waals surface area (Å²) in [4.78, 5) is 9.44. The molecule has 1 saturated heterocycles. The fourth-order valence-corrected chi connectivity index (χ4v) is 2.72. The summed E-state index contributed by atoms with van der Waals surface area (Å²) in [6.07, 6.45) is 4.70. The minimum Gasteiger partial charge on any atom is -0.351 e. The van der Waals surface area contributed by atoms with E-state index in [1.165, 1.54) is 18.4 Å². The van der Waals surface area contributed by atoms with Gasteiger partial charge in [0.05, 0.1) is 0 Å². The Morgan fingerprint density at radius 1 is 1.32 bits per heavy atom. The fourth-order valence-electron chi connectivity index (χ4n) is 2.72. The summed E-state index contributed by atoms with van der Waals surface area (Å²) in [5.41, 5.74) is 1.29. The van der Waals surface area contributed by atoms with Crippen LogP contribution in [0.1, 0.15) is 25.3 Å². The molecule has 1 aromatic heterocycles. The molecule has 0 bridgehead atoms. The maximum atomic E-state index is 4.64. The van der Waals surface area contributed by atoms with E-state index in [1.807, 2.05) is 6.20 Å². The van der Waals surface area contributed by atoms with Gasteiger partial charge in [-0.1, -0.05) is 6.07 Å². The molecule has 0 spiro atoms. The quantitative estimate of drug-likeness (QED) is 0.888. The van der Waals surface area contributed by atoms with E-state index in [2.05, 4.69) is 46.2 Å². The number of piperazine rings is 1. The zero-order valence-electron chi connectivity index (χ0n) is 12.0. The molecule has 2 fully saturated rings. The standard InChI is InChI=1S/C15H24N4/c1-12-11-18(2)7-8-19(12)15-6-3-13(10-17-15)9-16-14-4-5-14/h3,6,10,12,14,16H,4-5,7-9,11H2,1-2H3. The van der Waals surface area contributed by atoms with Crippen LogP contribution in [0.25, 0.3) is 0 Å². The molecule has 0 radical (unpaired) electrons. The van der Waals surface area contributed by atoms with Crippen molar-refractivity contribution in [3.63, 3.8) is 0 Å². The maximum absolute atomic E-state index is 4.64. The highest BCUT2D eigenvalue weighted by atomic mass is 15.3. The predicted octanol–water partition coefficient (Wildman–Crippen LogP) is 1.47. The molecule has 0 amide bonds. The molecule has 104 valence electrons. The van der Waals surface area contributed by atoms with Crippen molar-refractivity contribution in [3.05, 3.63) is 23.9 Å². The SMILES string of the molecule is CC1CN(C)CCN1c1ccc(CNC2CC2)cn1. The van der Waals surface area contributed by atoms with Gasteiger partial charge in [0.25, 0.3) is 0 Å². The molecule has 1 aliphatic heterocycles. The molecule has 2 heterocycles. The van der Waals surface area contributed by atoms with E-state index >= 15 is 0 Å². The Morgan fingerprint density at radius 3 is 2.79 bits per heavy atom. The Bertz CT molecular complexity index is 413. The van der Waals surface area contributed by atoms with E-state index in [0.29, 0.717) is 6.04 Å². The van der Waals surface area contributed by atoms with Crippen molar-refractivity contribution < 1.29 is 0 Å². The second-order valence-corrected chi connectivity index (χ2v) is 5.98. The van der Waals surface area contributed by atoms with E-state index in [-0.39, 0.29) is 0 Å². The Hall–Kier alpha value is -1.13. The molecule has 1 aromatic rings. The van der Waals surface area contributed by atoms with Gasteiger partial charge in [-0.05, 0) is 38.4 Å². The van der Waals surface area contributed by atoms with Gasteiger partial charge in [-0.15, -0.1) is 0 Å². The molecule has 1 aliphatic carbocycles. The molecule has 3 rings (SSSR count). The van der Waals surface area contributed by atoms with Gasteiger partial charge in [0.2, 0.25) is 0 Å². The first-order valence-electron chi connectivity index (χ1n) is 7.36. The average Bonchev–Trinajstić information content (AvgIpc) is 3.21. The second-order valence-electron chi connectivity index (χ2n) is 5.98. The molecule has 1 atom stereocenters. The van der Waals surface area contributed by atoms with Crippen LogP contribution in [0.2, 0.25) is 0 Å². The number of likely N-dealkylation sites (N-methyl/N-ethyl adjacent to an activating group) is 1. The summed E-state index contributed by atoms with van der Waals surface area (Å²) in [7, 11) is 2.19. The Labute approximate surface area is 115 Å². The molecule has 0 aromatic carbocycles. The van der Waals surface area contributed by atoms with Crippen LogP contribution in [0.3, 0.4) is 0 Å². The largest absolute Gasteiger partial charge is 0.351 e. The number of nitrogens with one attached hydrogen (secondary N) is 1. The molecule has 2 aliphatic rings. The highest BCUT2D eigenvalue weighted by Crippen LogP contribution is 2.20. The van der Waals surface area contributed by atoms with Crippen LogP contribution in [0.5, 0.6) is 0 Å². The number of nitrogens with zero attached hydrogens (tertiary/aromatic N) is 3. The zero-order chi connectivity index (χ0) is 13.2. The highest BCUT2D eigenvalue weighted by Gasteiger charge is 2.22. The first-order valence-corrected chi connectivity index (χ1v) is 7.36. The fraction of sp³-hybridized carbons (Fsp3) is 0.667. The van der Waals surface area contributed by atoms with E-state index < -0.39 is 0 Å². The first-order chi connectivity index (χ1) is 9.22. The van der Waals surface area contributed by atoms with Gasteiger partial charge in [0.1, 0.15) is 5.82 Å². The van der Waals surface area contributed by atoms with Crippen LogP contribution in [0.4, 0.5) is 5.82 Å². The zero-order valence-corrected chi connectivity index (χ0v) is 12.0. The maximum Gasteiger partial charge on any atom is 0.128 e. The number of pyridine rings is 1. The van der Waals surface area contributed by atoms with Crippen molar-refractivity contribution in [1.82, 2.24) is 15.2 Å². The molecule has 4 heteroatoms. The highest BCUT2D eigenvalue weighted by molar-refractivity contribution is 5.41. The third-order valence-corrected chi connectivity index (χ3v) is 4.11. The van der Waals surface area contributed by atoms with E-state index in [4.69, 9.17) is 0 Å². The van der Waals surface area contributed by atoms with E-state index in [0.717, 1.165) is 38.0 Å². The normalized spacial score (nSPS) is 24.7. The van der Waals surface area contributed by atoms with Crippen LogP contribution < -0.4 is 10.2 Å². The number of rotatable bonds is 4. The van der Waals surface area contributed by atoms with Gasteiger partial charge in [-0.2, -0.15) is 0 Å². The molecule has 1 saturated carbocycles. The van der Waals surface area contributed by atoms with Crippen LogP contribution >= 0.6 is 0 Å². The van der Waals surface area contributed by atoms with Gasteiger partial charge in [0.15, 0.2) is 0 Å². The van der Waals surface area contributed by atoms with Crippen molar-refractivity contribution in [2.45, 2.75) is 38.4 Å². The molecule has 1 N–H and O–H groups in total. The number of anilines is 1. The van der Waals surface area contributed by atoms with Crippen molar-refractivity contribution >= 4 is 5.82 Å². The Balaban J connectivity index is 1.60. The lowest BCUT2D eigenvalue weighted by atomic mass is 10.2. The lowest BCUT2D eigenvalue weighted by molar-refractivity contribution is 0.274. The third-order valence-electron chi connectivity index (χ3n) is 4.11. The molecule has 4 nitrogen and oxygen atoms in total. The summed E-state index contributed by atoms with van der Waals surface area (Å²) < 4.78 is 0. The smallest absolute Gasteiger partial charge is 0.128 e. The van der Waals surface area contributed by atoms with Crippen molar-refractivity contribution in [2.75, 3.05) is 31.6 Å². The predicted molar refractivity (Wildman–Crippen MR) is 78.4 cm³/mol. The van der Waals surface area contributed by atoms with Crippen molar-refractivity contribution in [2.24, 2.45) is 0 Å². The Morgan fingerprint density at radius 2 is 2.16 bits per heavy atom. The van der Waals surface area contributed by atoms with E-state index in [9.17, 15) is 0 Å². The molecular formula is C15H24N4. The number of hydrogen-bond acceptors (Lipinski definition) is 4. The minimum atomic E-state index is 0.543. The van der Waals surface area contributed by atoms with Crippen LogP contribution in [0.15, 0.2) is 18.3 Å². The van der Waals surface area contributed by atoms with Crippen molar-refractivity contribution in [1.29, 1.82) is 0 Å². The summed E-state index contributed by atoms with van der Waals surface area (Å²) in [5, 5.41) is 3.53. The Kier molecular flexibility index (Phi) is 3.71. The van der Waals surface area contributed by atoms with Crippen molar-refractivity contribution in [3.8, 4) is 0 Å². The van der Waals surface area contributed by atoms with Gasteiger partial charge < -0.3 is 15.1 Å². The number of hydrogen-bond donors (Lipinski definition) is 1. The van der Waals surface area contributed by atoms with Crippen LogP contribution in [0, 0.1) is 0 Å². The average molecular weight is 260 g/mol. The van der Waals surface area contributed by atoms with Gasteiger partial charge in [-0.25, -0.2) is 4.98 Å². The summed E-state index contributed by atoms with van der Waals surface area (Å²) >= 11 is 0. The van der Waals surface area contributed by atoms with E-state index in [1.54, 1.807) is 0 Å². The summed E-state index contributed by atoms with van der Waals surface area (Å²) in [5.74, 6) is 1.12. The molecule has 1 unspecified atom stereocenters. The van der Waals surface area contributed by atoms with Gasteiger partial charge >= 0.3 is 0 Å². The lowest BCUT2D eigenvalue weighted by Gasteiger charge is -2.39. The molecule has 19 heavy (non-hydrogen) atoms. The lowest BCUT2D eigenvalue weighted by Crippen LogP contribution is -2.50. The topological polar surface area (TPSA) is 31.4 Å². The second kappa shape index (κ2) is 5.47. The summed E-state index contributed by atoms with van der Waals surface area (Å²) in [6, 6.07) is 5.69. The van der Waals surface area contributed by atoms with Gasteiger partial charge in [-0.3, -0.25) is 0 Å². The molecular weight excluding hydrogens is 236 g/mol. The number of aromatic nitrogens is 1. The summed E-state index contributed by atoms with van der Waals surface area (Å²) in [6.45, 7) is 6.55. The van der Waals surface area contributed by atoms with Crippen LogP contribution in [-0.4, -0.2) is 48.6 Å².